The van der Waals surface area contributed by atoms with E-state index < -0.39 is 17.1 Å². The molecule has 0 saturated heterocycles. The Bertz CT molecular complexity index is 818. The first-order valence-electron chi connectivity index (χ1n) is 8.28. The standard InChI is InChI=1S/C19H19N3O4/c1-13(2)21(15-6-4-3-5-7-15)19(23)17-18(26-12-20-17)14-8-10-16(11-9-14)22(24)25/h3-13,17-18H,1-2H3. The predicted octanol–water partition coefficient (Wildman–Crippen LogP) is 3.50. The van der Waals surface area contributed by atoms with Crippen LogP contribution in [0.3, 0.4) is 0 Å². The Morgan fingerprint density at radius 2 is 1.81 bits per heavy atom. The van der Waals surface area contributed by atoms with Crippen molar-refractivity contribution in [3.63, 3.8) is 0 Å². The highest BCUT2D eigenvalue weighted by Gasteiger charge is 2.38. The fourth-order valence-electron chi connectivity index (χ4n) is 2.97. The zero-order valence-electron chi connectivity index (χ0n) is 14.5. The van der Waals surface area contributed by atoms with E-state index in [4.69, 9.17) is 4.74 Å². The SMILES string of the molecule is CC(C)N(C(=O)C1N=COC1c1ccc([N+](=O)[O-])cc1)c1ccccc1. The Morgan fingerprint density at radius 1 is 1.15 bits per heavy atom. The van der Waals surface area contributed by atoms with Gasteiger partial charge in [0.2, 0.25) is 0 Å². The molecule has 0 fully saturated rings. The average Bonchev–Trinajstić information content (AvgIpc) is 3.12. The monoisotopic (exact) mass is 353 g/mol. The van der Waals surface area contributed by atoms with Gasteiger partial charge in [0.25, 0.3) is 11.6 Å². The van der Waals surface area contributed by atoms with E-state index in [2.05, 4.69) is 4.99 Å². The van der Waals surface area contributed by atoms with Crippen molar-refractivity contribution in [2.45, 2.75) is 32.0 Å². The normalized spacial score (nSPS) is 18.6. The Hall–Kier alpha value is -3.22. The van der Waals surface area contributed by atoms with E-state index in [-0.39, 0.29) is 17.6 Å². The van der Waals surface area contributed by atoms with E-state index in [9.17, 15) is 14.9 Å². The van der Waals surface area contributed by atoms with Gasteiger partial charge < -0.3 is 9.64 Å². The Balaban J connectivity index is 1.87. The van der Waals surface area contributed by atoms with Crippen molar-refractivity contribution in [1.82, 2.24) is 0 Å². The number of non-ortho nitro benzene ring substituents is 1. The van der Waals surface area contributed by atoms with Crippen molar-refractivity contribution in [3.05, 3.63) is 70.3 Å². The van der Waals surface area contributed by atoms with Gasteiger partial charge in [0.05, 0.1) is 4.92 Å². The van der Waals surface area contributed by atoms with Crippen LogP contribution in [0.2, 0.25) is 0 Å². The molecule has 0 spiro atoms. The van der Waals surface area contributed by atoms with Gasteiger partial charge in [-0.3, -0.25) is 14.9 Å². The van der Waals surface area contributed by atoms with E-state index in [0.717, 1.165) is 5.69 Å². The van der Waals surface area contributed by atoms with Gasteiger partial charge in [-0.2, -0.15) is 0 Å². The number of ether oxygens (including phenoxy) is 1. The molecular formula is C19H19N3O4. The number of benzene rings is 2. The van der Waals surface area contributed by atoms with Gasteiger partial charge in [0, 0.05) is 23.9 Å². The summed E-state index contributed by atoms with van der Waals surface area (Å²) < 4.78 is 5.53. The summed E-state index contributed by atoms with van der Waals surface area (Å²) in [7, 11) is 0. The van der Waals surface area contributed by atoms with E-state index >= 15 is 0 Å². The summed E-state index contributed by atoms with van der Waals surface area (Å²) in [6, 6.07) is 14.6. The molecular weight excluding hydrogens is 334 g/mol. The minimum absolute atomic E-state index is 0.0105. The molecule has 1 aliphatic rings. The lowest BCUT2D eigenvalue weighted by molar-refractivity contribution is -0.384. The molecule has 0 radical (unpaired) electrons. The molecule has 0 N–H and O–H groups in total. The quantitative estimate of drug-likeness (QED) is 0.608. The van der Waals surface area contributed by atoms with Gasteiger partial charge in [-0.1, -0.05) is 18.2 Å². The number of hydrogen-bond donors (Lipinski definition) is 0. The number of carbonyl (C=O) groups excluding carboxylic acids is 1. The van der Waals surface area contributed by atoms with Crippen LogP contribution in [0.25, 0.3) is 0 Å². The Kier molecular flexibility index (Phi) is 4.97. The second-order valence-corrected chi connectivity index (χ2v) is 6.24. The number of nitro benzene ring substituents is 1. The van der Waals surface area contributed by atoms with Crippen LogP contribution in [-0.4, -0.2) is 29.3 Å². The van der Waals surface area contributed by atoms with Crippen LogP contribution < -0.4 is 4.90 Å². The van der Waals surface area contributed by atoms with Crippen molar-refractivity contribution in [1.29, 1.82) is 0 Å². The minimum atomic E-state index is -0.737. The maximum absolute atomic E-state index is 13.2. The van der Waals surface area contributed by atoms with Gasteiger partial charge in [0.1, 0.15) is 0 Å². The number of carbonyl (C=O) groups is 1. The first-order chi connectivity index (χ1) is 12.5. The molecule has 0 saturated carbocycles. The first-order valence-corrected chi connectivity index (χ1v) is 8.28. The van der Waals surface area contributed by atoms with Crippen molar-refractivity contribution >= 4 is 23.7 Å². The highest BCUT2D eigenvalue weighted by molar-refractivity contribution is 5.99. The number of anilines is 1. The number of nitrogens with zero attached hydrogens (tertiary/aromatic N) is 3. The van der Waals surface area contributed by atoms with Crippen LogP contribution in [-0.2, 0) is 9.53 Å². The molecule has 1 aliphatic heterocycles. The fraction of sp³-hybridized carbons (Fsp3) is 0.263. The second-order valence-electron chi connectivity index (χ2n) is 6.24. The lowest BCUT2D eigenvalue weighted by atomic mass is 10.0. The van der Waals surface area contributed by atoms with E-state index in [1.807, 2.05) is 44.2 Å². The average molecular weight is 353 g/mol. The third-order valence-corrected chi connectivity index (χ3v) is 4.19. The number of amides is 1. The molecule has 2 unspecified atom stereocenters. The van der Waals surface area contributed by atoms with Crippen LogP contribution >= 0.6 is 0 Å². The molecule has 7 nitrogen and oxygen atoms in total. The molecule has 0 aliphatic carbocycles. The minimum Gasteiger partial charge on any atom is -0.473 e. The predicted molar refractivity (Wildman–Crippen MR) is 98.3 cm³/mol. The van der Waals surface area contributed by atoms with Crippen molar-refractivity contribution < 1.29 is 14.5 Å². The van der Waals surface area contributed by atoms with Crippen LogP contribution in [0.5, 0.6) is 0 Å². The smallest absolute Gasteiger partial charge is 0.269 e. The van der Waals surface area contributed by atoms with Crippen molar-refractivity contribution in [2.75, 3.05) is 4.90 Å². The zero-order valence-corrected chi connectivity index (χ0v) is 14.5. The third-order valence-electron chi connectivity index (χ3n) is 4.19. The van der Waals surface area contributed by atoms with E-state index in [1.165, 1.54) is 18.5 Å². The first kappa shape index (κ1) is 17.6. The maximum atomic E-state index is 13.2. The van der Waals surface area contributed by atoms with Gasteiger partial charge in [-0.15, -0.1) is 0 Å². The van der Waals surface area contributed by atoms with Crippen LogP contribution in [0, 0.1) is 10.1 Å². The number of aliphatic imine (C=N–C) groups is 1. The molecule has 26 heavy (non-hydrogen) atoms. The largest absolute Gasteiger partial charge is 0.473 e. The molecule has 1 amide bonds. The van der Waals surface area contributed by atoms with E-state index in [1.54, 1.807) is 17.0 Å². The summed E-state index contributed by atoms with van der Waals surface area (Å²) in [6.07, 6.45) is 0.672. The number of hydrogen-bond acceptors (Lipinski definition) is 5. The number of para-hydroxylation sites is 1. The van der Waals surface area contributed by atoms with Crippen LogP contribution in [0.4, 0.5) is 11.4 Å². The molecule has 0 aromatic heterocycles. The lowest BCUT2D eigenvalue weighted by Crippen LogP contribution is -2.44. The number of rotatable bonds is 5. The van der Waals surface area contributed by atoms with Crippen LogP contribution in [0.15, 0.2) is 59.6 Å². The van der Waals surface area contributed by atoms with E-state index in [0.29, 0.717) is 5.56 Å². The van der Waals surface area contributed by atoms with Crippen molar-refractivity contribution in [2.24, 2.45) is 4.99 Å². The molecule has 0 bridgehead atoms. The molecule has 1 heterocycles. The summed E-state index contributed by atoms with van der Waals surface area (Å²) in [5.41, 5.74) is 1.45. The maximum Gasteiger partial charge on any atom is 0.269 e. The Labute approximate surface area is 151 Å². The zero-order chi connectivity index (χ0) is 18.7. The number of nitro groups is 1. The molecule has 2 aromatic carbocycles. The van der Waals surface area contributed by atoms with Gasteiger partial charge in [-0.05, 0) is 43.7 Å². The molecule has 2 atom stereocenters. The summed E-state index contributed by atoms with van der Waals surface area (Å²) in [5.74, 6) is -0.177. The Morgan fingerprint density at radius 3 is 2.38 bits per heavy atom. The third kappa shape index (κ3) is 3.42. The van der Waals surface area contributed by atoms with Gasteiger partial charge in [-0.25, -0.2) is 4.99 Å². The summed E-state index contributed by atoms with van der Waals surface area (Å²) in [6.45, 7) is 3.87. The highest BCUT2D eigenvalue weighted by atomic mass is 16.6. The topological polar surface area (TPSA) is 85.0 Å². The summed E-state index contributed by atoms with van der Waals surface area (Å²) in [4.78, 5) is 29.4. The summed E-state index contributed by atoms with van der Waals surface area (Å²) >= 11 is 0. The second kappa shape index (κ2) is 7.35. The highest BCUT2D eigenvalue weighted by Crippen LogP contribution is 2.31. The lowest BCUT2D eigenvalue weighted by Gasteiger charge is -2.30. The van der Waals surface area contributed by atoms with Crippen molar-refractivity contribution in [3.8, 4) is 0 Å². The molecule has 3 rings (SSSR count). The molecule has 2 aromatic rings. The molecule has 7 heteroatoms. The molecule has 134 valence electrons. The van der Waals surface area contributed by atoms with Crippen LogP contribution in [0.1, 0.15) is 25.5 Å². The summed E-state index contributed by atoms with van der Waals surface area (Å²) in [5, 5.41) is 10.8. The fourth-order valence-corrected chi connectivity index (χ4v) is 2.97. The van der Waals surface area contributed by atoms with Gasteiger partial charge in [0.15, 0.2) is 18.5 Å². The van der Waals surface area contributed by atoms with Gasteiger partial charge >= 0.3 is 0 Å².